The van der Waals surface area contributed by atoms with E-state index in [2.05, 4.69) is 20.5 Å². The number of nitrogens with zero attached hydrogens (tertiary/aromatic N) is 1. The van der Waals surface area contributed by atoms with Gasteiger partial charge in [-0.1, -0.05) is 0 Å². The number of carbonyl (C=O) groups is 2. The van der Waals surface area contributed by atoms with Crippen molar-refractivity contribution in [2.75, 3.05) is 13.1 Å². The Morgan fingerprint density at radius 2 is 1.83 bits per heavy atom. The van der Waals surface area contributed by atoms with Crippen molar-refractivity contribution in [3.63, 3.8) is 0 Å². The summed E-state index contributed by atoms with van der Waals surface area (Å²) in [5.41, 5.74) is 0.588. The Kier molecular flexibility index (Phi) is 6.55. The fraction of sp³-hybridized carbons (Fsp3) is 0.727. The Morgan fingerprint density at radius 1 is 1.07 bits per heavy atom. The van der Waals surface area contributed by atoms with Crippen LogP contribution in [0.4, 0.5) is 0 Å². The molecule has 1 aromatic heterocycles. The number of carbonyl (C=O) groups excluding carboxylic acids is 2. The van der Waals surface area contributed by atoms with Crippen molar-refractivity contribution in [2.45, 2.75) is 82.0 Å². The van der Waals surface area contributed by atoms with Gasteiger partial charge in [-0.25, -0.2) is 0 Å². The zero-order valence-corrected chi connectivity index (χ0v) is 17.1. The first-order valence-electron chi connectivity index (χ1n) is 11.2. The molecule has 7 nitrogen and oxygen atoms in total. The minimum atomic E-state index is -0.200. The molecule has 3 fully saturated rings. The van der Waals surface area contributed by atoms with Gasteiger partial charge in [-0.2, -0.15) is 0 Å². The van der Waals surface area contributed by atoms with Crippen LogP contribution in [-0.4, -0.2) is 64.1 Å². The summed E-state index contributed by atoms with van der Waals surface area (Å²) in [5.74, 6) is 0.815. The number of nitrogens with one attached hydrogen (secondary N) is 3. The van der Waals surface area contributed by atoms with Gasteiger partial charge in [0.15, 0.2) is 0 Å². The molecule has 0 unspecified atom stereocenters. The standard InChI is InChI=1S/C22H34N4O3/c27-19-9-5-16(6-10-19)25-21(28)12-17-7-8-18(26(17)14-15-3-4-15)13-24-22(29)20-2-1-11-23-20/h1-2,11,15-19,23,27H,3-10,12-14H2,(H,24,29)(H,25,28)/t16?,17-,18+,19?/m1/s1. The van der Waals surface area contributed by atoms with Gasteiger partial charge in [-0.05, 0) is 69.4 Å². The molecular weight excluding hydrogens is 368 g/mol. The highest BCUT2D eigenvalue weighted by molar-refractivity contribution is 5.92. The van der Waals surface area contributed by atoms with E-state index in [1.54, 1.807) is 12.3 Å². The molecule has 29 heavy (non-hydrogen) atoms. The summed E-state index contributed by atoms with van der Waals surface area (Å²) < 4.78 is 0. The first-order valence-corrected chi connectivity index (χ1v) is 11.2. The van der Waals surface area contributed by atoms with Crippen molar-refractivity contribution in [3.05, 3.63) is 24.0 Å². The SMILES string of the molecule is O=C(C[C@H]1CC[C@@H](CNC(=O)c2ccc[nH]2)N1CC1CC1)NC1CCC(O)CC1. The quantitative estimate of drug-likeness (QED) is 0.533. The van der Waals surface area contributed by atoms with Gasteiger partial charge in [0, 0.05) is 43.8 Å². The van der Waals surface area contributed by atoms with Crippen LogP contribution in [-0.2, 0) is 4.79 Å². The van der Waals surface area contributed by atoms with Gasteiger partial charge in [-0.15, -0.1) is 0 Å². The second-order valence-electron chi connectivity index (χ2n) is 9.10. The molecule has 2 aliphatic carbocycles. The van der Waals surface area contributed by atoms with Crippen molar-refractivity contribution in [2.24, 2.45) is 5.92 Å². The van der Waals surface area contributed by atoms with Gasteiger partial charge in [0.05, 0.1) is 6.10 Å². The summed E-state index contributed by atoms with van der Waals surface area (Å²) in [6.45, 7) is 1.67. The minimum absolute atomic E-state index is 0.0675. The maximum Gasteiger partial charge on any atom is 0.267 e. The second-order valence-corrected chi connectivity index (χ2v) is 9.10. The van der Waals surface area contributed by atoms with Crippen molar-refractivity contribution in [1.82, 2.24) is 20.5 Å². The normalized spacial score (nSPS) is 30.2. The Bertz CT molecular complexity index is 680. The van der Waals surface area contributed by atoms with Gasteiger partial charge in [-0.3, -0.25) is 14.5 Å². The number of H-pyrrole nitrogens is 1. The number of aliphatic hydroxyl groups excluding tert-OH is 1. The van der Waals surface area contributed by atoms with E-state index in [0.29, 0.717) is 24.7 Å². The van der Waals surface area contributed by atoms with Crippen LogP contribution in [0.1, 0.15) is 68.3 Å². The second kappa shape index (κ2) is 9.30. The third kappa shape index (κ3) is 5.60. The van der Waals surface area contributed by atoms with Crippen LogP contribution in [0.2, 0.25) is 0 Å². The zero-order valence-electron chi connectivity index (χ0n) is 17.1. The molecule has 1 saturated heterocycles. The monoisotopic (exact) mass is 402 g/mol. The summed E-state index contributed by atoms with van der Waals surface area (Å²) >= 11 is 0. The van der Waals surface area contributed by atoms with Crippen LogP contribution in [0.5, 0.6) is 0 Å². The molecule has 160 valence electrons. The van der Waals surface area contributed by atoms with Gasteiger partial charge in [0.2, 0.25) is 5.91 Å². The Hall–Kier alpha value is -1.86. The minimum Gasteiger partial charge on any atom is -0.393 e. The smallest absolute Gasteiger partial charge is 0.267 e. The van der Waals surface area contributed by atoms with Gasteiger partial charge in [0.1, 0.15) is 5.69 Å². The molecule has 4 rings (SSSR count). The summed E-state index contributed by atoms with van der Waals surface area (Å²) in [7, 11) is 0. The van der Waals surface area contributed by atoms with Crippen LogP contribution >= 0.6 is 0 Å². The van der Waals surface area contributed by atoms with E-state index in [-0.39, 0.29) is 30.0 Å². The van der Waals surface area contributed by atoms with E-state index >= 15 is 0 Å². The van der Waals surface area contributed by atoms with E-state index in [1.807, 2.05) is 6.07 Å². The zero-order chi connectivity index (χ0) is 20.2. The summed E-state index contributed by atoms with van der Waals surface area (Å²) in [6, 6.07) is 4.38. The highest BCUT2D eigenvalue weighted by Crippen LogP contribution is 2.35. The largest absolute Gasteiger partial charge is 0.393 e. The number of hydrogen-bond acceptors (Lipinski definition) is 4. The van der Waals surface area contributed by atoms with Crippen LogP contribution in [0.25, 0.3) is 0 Å². The maximum atomic E-state index is 12.6. The number of aliphatic hydroxyl groups is 1. The predicted molar refractivity (Wildman–Crippen MR) is 110 cm³/mol. The fourth-order valence-electron chi connectivity index (χ4n) is 4.85. The fourth-order valence-corrected chi connectivity index (χ4v) is 4.85. The van der Waals surface area contributed by atoms with Gasteiger partial charge < -0.3 is 20.7 Å². The molecule has 0 aromatic carbocycles. The van der Waals surface area contributed by atoms with Crippen LogP contribution in [0.15, 0.2) is 18.3 Å². The number of aromatic nitrogens is 1. The molecule has 1 aliphatic heterocycles. The number of amides is 2. The number of rotatable bonds is 8. The molecular formula is C22H34N4O3. The first kappa shape index (κ1) is 20.4. The lowest BCUT2D eigenvalue weighted by Crippen LogP contribution is -2.46. The predicted octanol–water partition coefficient (Wildman–Crippen LogP) is 1.80. The summed E-state index contributed by atoms with van der Waals surface area (Å²) in [6.07, 6.45) is 9.98. The van der Waals surface area contributed by atoms with E-state index in [9.17, 15) is 14.7 Å². The highest BCUT2D eigenvalue weighted by atomic mass is 16.3. The molecule has 7 heteroatoms. The topological polar surface area (TPSA) is 97.5 Å². The lowest BCUT2D eigenvalue weighted by molar-refractivity contribution is -0.123. The lowest BCUT2D eigenvalue weighted by atomic mass is 9.93. The van der Waals surface area contributed by atoms with Crippen molar-refractivity contribution >= 4 is 11.8 Å². The van der Waals surface area contributed by atoms with Crippen molar-refractivity contribution in [1.29, 1.82) is 0 Å². The van der Waals surface area contributed by atoms with E-state index in [4.69, 9.17) is 0 Å². The van der Waals surface area contributed by atoms with Crippen LogP contribution < -0.4 is 10.6 Å². The Balaban J connectivity index is 1.28. The molecule has 0 bridgehead atoms. The summed E-state index contributed by atoms with van der Waals surface area (Å²) in [5, 5.41) is 15.9. The maximum absolute atomic E-state index is 12.6. The van der Waals surface area contributed by atoms with Crippen molar-refractivity contribution < 1.29 is 14.7 Å². The average Bonchev–Trinajstić information content (AvgIpc) is 3.21. The molecule has 2 atom stereocenters. The average molecular weight is 403 g/mol. The number of likely N-dealkylation sites (tertiary alicyclic amines) is 1. The molecule has 1 aromatic rings. The third-order valence-electron chi connectivity index (χ3n) is 6.76. The van der Waals surface area contributed by atoms with Crippen LogP contribution in [0.3, 0.4) is 0 Å². The molecule has 2 amide bonds. The molecule has 3 aliphatic rings. The number of aromatic amines is 1. The van der Waals surface area contributed by atoms with Gasteiger partial charge in [0.25, 0.3) is 5.91 Å². The van der Waals surface area contributed by atoms with E-state index < -0.39 is 0 Å². The molecule has 2 saturated carbocycles. The first-order chi connectivity index (χ1) is 14.1. The molecule has 4 N–H and O–H groups in total. The Labute approximate surface area is 172 Å². The third-order valence-corrected chi connectivity index (χ3v) is 6.76. The van der Waals surface area contributed by atoms with E-state index in [0.717, 1.165) is 51.0 Å². The van der Waals surface area contributed by atoms with Crippen molar-refractivity contribution in [3.8, 4) is 0 Å². The summed E-state index contributed by atoms with van der Waals surface area (Å²) in [4.78, 5) is 30.3. The lowest BCUT2D eigenvalue weighted by Gasteiger charge is -2.31. The molecule has 0 radical (unpaired) electrons. The molecule has 2 heterocycles. The van der Waals surface area contributed by atoms with E-state index in [1.165, 1.54) is 12.8 Å². The van der Waals surface area contributed by atoms with Gasteiger partial charge >= 0.3 is 0 Å². The highest BCUT2D eigenvalue weighted by Gasteiger charge is 2.38. The van der Waals surface area contributed by atoms with Crippen LogP contribution in [0, 0.1) is 5.92 Å². The molecule has 0 spiro atoms. The Morgan fingerprint density at radius 3 is 2.52 bits per heavy atom. The number of hydrogen-bond donors (Lipinski definition) is 4.